The van der Waals surface area contributed by atoms with E-state index >= 15 is 0 Å². The molecule has 0 saturated carbocycles. The lowest BCUT2D eigenvalue weighted by Crippen LogP contribution is -2.65. The molecule has 0 aromatic heterocycles. The van der Waals surface area contributed by atoms with Gasteiger partial charge in [-0.2, -0.15) is 0 Å². The highest BCUT2D eigenvalue weighted by atomic mass is 32.2. The van der Waals surface area contributed by atoms with Crippen LogP contribution in [0.5, 0.6) is 0 Å². The molecule has 0 aliphatic carbocycles. The molecule has 8 rings (SSSR count). The minimum atomic E-state index is -1.68. The molecular weight excluding hydrogens is 845 g/mol. The first-order valence-electron chi connectivity index (χ1n) is 20.7. The number of ether oxygens (including phenoxy) is 9. The third kappa shape index (κ3) is 10.7. The zero-order chi connectivity index (χ0) is 44.6. The standard InChI is InChI=1S/C49H46O14S/c1-49(2)62-39-36(29-56-44(52)31-20-10-4-11-21-31)57-47(42(41(39)63-49)60-46(54)33-24-14-6-15-25-33)61-38-35(28-55-43(51)30-18-8-3-9-19-30)58-48(64-34-26-16-7-17-27-34)40(37(38)50)59-45(53)32-22-12-5-13-23-32/h3-27,35-42,47-48,50H,28-29H2,1-2H3/t35-,36-,37+,38-,39+,40-,41+,42-,47+,48+/m1/s1. The highest BCUT2D eigenvalue weighted by Gasteiger charge is 2.59. The van der Waals surface area contributed by atoms with Gasteiger partial charge in [-0.1, -0.05) is 103 Å². The summed E-state index contributed by atoms with van der Waals surface area (Å²) in [5, 5.41) is 12.5. The second kappa shape index (κ2) is 20.3. The number of carbonyl (C=O) groups is 4. The topological polar surface area (TPSA) is 172 Å². The summed E-state index contributed by atoms with van der Waals surface area (Å²) in [4.78, 5) is 54.8. The van der Waals surface area contributed by atoms with Crippen LogP contribution >= 0.6 is 11.8 Å². The predicted octanol–water partition coefficient (Wildman–Crippen LogP) is 6.66. The predicted molar refractivity (Wildman–Crippen MR) is 229 cm³/mol. The fraction of sp³-hybridized carbons (Fsp3) is 0.306. The van der Waals surface area contributed by atoms with Crippen LogP contribution in [0.25, 0.3) is 0 Å². The largest absolute Gasteiger partial charge is 0.459 e. The van der Waals surface area contributed by atoms with Crippen molar-refractivity contribution in [3.8, 4) is 0 Å². The van der Waals surface area contributed by atoms with Gasteiger partial charge in [0.1, 0.15) is 55.3 Å². The third-order valence-electron chi connectivity index (χ3n) is 10.6. The molecule has 0 spiro atoms. The van der Waals surface area contributed by atoms with Gasteiger partial charge in [0.25, 0.3) is 0 Å². The molecule has 0 unspecified atom stereocenters. The number of rotatable bonds is 14. The number of aliphatic hydroxyl groups excluding tert-OH is 1. The maximum atomic E-state index is 13.8. The van der Waals surface area contributed by atoms with E-state index in [0.717, 1.165) is 4.90 Å². The second-order valence-corrected chi connectivity index (χ2v) is 16.7. The van der Waals surface area contributed by atoms with Crippen LogP contribution in [0, 0.1) is 0 Å². The lowest BCUT2D eigenvalue weighted by molar-refractivity contribution is -0.326. The number of carbonyl (C=O) groups excluding carboxylic acids is 4. The van der Waals surface area contributed by atoms with Crippen molar-refractivity contribution < 1.29 is 66.9 Å². The van der Waals surface area contributed by atoms with Crippen molar-refractivity contribution in [2.45, 2.75) is 85.1 Å². The fourth-order valence-electron chi connectivity index (χ4n) is 7.58. The quantitative estimate of drug-likeness (QED) is 0.0927. The number of benzene rings is 5. The van der Waals surface area contributed by atoms with Gasteiger partial charge >= 0.3 is 23.9 Å². The Balaban J connectivity index is 1.15. The highest BCUT2D eigenvalue weighted by molar-refractivity contribution is 7.99. The fourth-order valence-corrected chi connectivity index (χ4v) is 8.71. The van der Waals surface area contributed by atoms with Crippen molar-refractivity contribution in [1.29, 1.82) is 0 Å². The number of hydrogen-bond donors (Lipinski definition) is 1. The third-order valence-corrected chi connectivity index (χ3v) is 11.8. The molecule has 14 nitrogen and oxygen atoms in total. The van der Waals surface area contributed by atoms with Crippen LogP contribution in [0.2, 0.25) is 0 Å². The van der Waals surface area contributed by atoms with Crippen LogP contribution in [0.15, 0.2) is 157 Å². The van der Waals surface area contributed by atoms with Gasteiger partial charge in [0, 0.05) is 4.90 Å². The van der Waals surface area contributed by atoms with Gasteiger partial charge in [-0.25, -0.2) is 19.2 Å². The van der Waals surface area contributed by atoms with Crippen LogP contribution in [-0.4, -0.2) is 109 Å². The lowest BCUT2D eigenvalue weighted by Gasteiger charge is -2.47. The Morgan fingerprint density at radius 3 is 1.45 bits per heavy atom. The minimum Gasteiger partial charge on any atom is -0.459 e. The van der Waals surface area contributed by atoms with Crippen molar-refractivity contribution in [2.75, 3.05) is 13.2 Å². The summed E-state index contributed by atoms with van der Waals surface area (Å²) in [5.74, 6) is -4.02. The number of thioether (sulfide) groups is 1. The Morgan fingerprint density at radius 2 is 0.953 bits per heavy atom. The molecule has 0 bridgehead atoms. The first-order chi connectivity index (χ1) is 31.0. The van der Waals surface area contributed by atoms with Gasteiger partial charge in [0.15, 0.2) is 24.3 Å². The van der Waals surface area contributed by atoms with E-state index in [2.05, 4.69) is 0 Å². The minimum absolute atomic E-state index is 0.218. The van der Waals surface area contributed by atoms with E-state index in [9.17, 15) is 24.3 Å². The molecule has 3 saturated heterocycles. The highest BCUT2D eigenvalue weighted by Crippen LogP contribution is 2.42. The Morgan fingerprint density at radius 1 is 0.531 bits per heavy atom. The van der Waals surface area contributed by atoms with Crippen LogP contribution < -0.4 is 0 Å². The van der Waals surface area contributed by atoms with Gasteiger partial charge in [-0.15, -0.1) is 0 Å². The molecule has 3 aliphatic heterocycles. The van der Waals surface area contributed by atoms with Crippen LogP contribution in [0.1, 0.15) is 55.3 Å². The van der Waals surface area contributed by atoms with E-state index < -0.39 is 96.8 Å². The molecule has 3 heterocycles. The van der Waals surface area contributed by atoms with Gasteiger partial charge in [0.05, 0.1) is 22.3 Å². The summed E-state index contributed by atoms with van der Waals surface area (Å²) in [7, 11) is 0. The average Bonchev–Trinajstić information content (AvgIpc) is 3.66. The zero-order valence-corrected chi connectivity index (χ0v) is 35.6. The maximum absolute atomic E-state index is 13.8. The number of hydrogen-bond acceptors (Lipinski definition) is 15. The monoisotopic (exact) mass is 890 g/mol. The average molecular weight is 891 g/mol. The van der Waals surface area contributed by atoms with Crippen LogP contribution in [0.4, 0.5) is 0 Å². The van der Waals surface area contributed by atoms with Crippen molar-refractivity contribution in [2.24, 2.45) is 0 Å². The van der Waals surface area contributed by atoms with Gasteiger partial charge in [-0.05, 0) is 74.5 Å². The Bertz CT molecular complexity index is 2330. The molecular formula is C49H46O14S. The van der Waals surface area contributed by atoms with E-state index in [1.165, 1.54) is 11.8 Å². The summed E-state index contributed by atoms with van der Waals surface area (Å²) >= 11 is 1.18. The zero-order valence-electron chi connectivity index (χ0n) is 34.8. The van der Waals surface area contributed by atoms with Crippen molar-refractivity contribution in [3.63, 3.8) is 0 Å². The van der Waals surface area contributed by atoms with E-state index in [4.69, 9.17) is 42.6 Å². The first kappa shape index (κ1) is 44.7. The molecule has 3 aliphatic rings. The Hall–Kier alpha value is -5.91. The van der Waals surface area contributed by atoms with Crippen molar-refractivity contribution in [3.05, 3.63) is 174 Å². The van der Waals surface area contributed by atoms with Gasteiger partial charge < -0.3 is 47.7 Å². The van der Waals surface area contributed by atoms with Crippen molar-refractivity contribution in [1.82, 2.24) is 0 Å². The molecule has 1 N–H and O–H groups in total. The van der Waals surface area contributed by atoms with Gasteiger partial charge in [0.2, 0.25) is 0 Å². The number of esters is 4. The summed E-state index contributed by atoms with van der Waals surface area (Å²) < 4.78 is 56.4. The Kier molecular flexibility index (Phi) is 14.2. The number of fused-ring (bicyclic) bond motifs is 1. The van der Waals surface area contributed by atoms with Crippen LogP contribution in [0.3, 0.4) is 0 Å². The normalized spacial score (nSPS) is 27.0. The summed E-state index contributed by atoms with van der Waals surface area (Å²) in [6, 6.07) is 42.4. The maximum Gasteiger partial charge on any atom is 0.338 e. The molecule has 64 heavy (non-hydrogen) atoms. The first-order valence-corrected chi connectivity index (χ1v) is 21.6. The molecule has 5 aromatic carbocycles. The molecule has 332 valence electrons. The molecule has 15 heteroatoms. The van der Waals surface area contributed by atoms with E-state index in [-0.39, 0.29) is 23.3 Å². The molecule has 0 amide bonds. The summed E-state index contributed by atoms with van der Waals surface area (Å²) in [6.07, 6.45) is -11.8. The number of aliphatic hydroxyl groups is 1. The van der Waals surface area contributed by atoms with Gasteiger partial charge in [-0.3, -0.25) is 0 Å². The SMILES string of the molecule is CC1(C)O[C@H]2[C@@H](O1)[C@@H](COC(=O)c1ccccc1)O[C@@H](O[C@H]1[C@H](O)[C@@H](OC(=O)c3ccccc3)[C@H](Sc3ccccc3)O[C@@H]1COC(=O)c1ccccc1)[C@@H]2OC(=O)c1ccccc1. The molecule has 10 atom stereocenters. The molecule has 3 fully saturated rings. The smallest absolute Gasteiger partial charge is 0.338 e. The van der Waals surface area contributed by atoms with E-state index in [1.54, 1.807) is 135 Å². The Labute approximate surface area is 373 Å². The van der Waals surface area contributed by atoms with Crippen molar-refractivity contribution >= 4 is 35.6 Å². The summed E-state index contributed by atoms with van der Waals surface area (Å²) in [6.45, 7) is 2.56. The summed E-state index contributed by atoms with van der Waals surface area (Å²) in [5.41, 5.74) is -0.0558. The lowest BCUT2D eigenvalue weighted by atomic mass is 9.97. The molecule has 5 aromatic rings. The van der Waals surface area contributed by atoms with E-state index in [0.29, 0.717) is 5.56 Å². The second-order valence-electron chi connectivity index (χ2n) is 15.6. The van der Waals surface area contributed by atoms with E-state index in [1.807, 2.05) is 30.3 Å². The van der Waals surface area contributed by atoms with Crippen LogP contribution in [-0.2, 0) is 42.6 Å². The molecule has 0 radical (unpaired) electrons.